The largest absolute Gasteiger partial charge is 0.370 e. The van der Waals surface area contributed by atoms with Gasteiger partial charge in [-0.15, -0.1) is 0 Å². The van der Waals surface area contributed by atoms with Crippen LogP contribution in [0.1, 0.15) is 38.7 Å². The Morgan fingerprint density at radius 1 is 1.44 bits per heavy atom. The smallest absolute Gasteiger partial charge is 0.287 e. The zero-order valence-electron chi connectivity index (χ0n) is 11.3. The van der Waals surface area contributed by atoms with Crippen LogP contribution in [-0.4, -0.2) is 16.5 Å². The summed E-state index contributed by atoms with van der Waals surface area (Å²) >= 11 is 0. The van der Waals surface area contributed by atoms with Crippen molar-refractivity contribution in [3.8, 4) is 0 Å². The second-order valence-corrected chi connectivity index (χ2v) is 4.93. The van der Waals surface area contributed by atoms with Crippen LogP contribution in [0.3, 0.4) is 0 Å². The van der Waals surface area contributed by atoms with Gasteiger partial charge in [0.05, 0.1) is 4.92 Å². The highest BCUT2D eigenvalue weighted by molar-refractivity contribution is 5.48. The molecule has 100 valence electrons. The second-order valence-electron chi connectivity index (χ2n) is 4.93. The van der Waals surface area contributed by atoms with Gasteiger partial charge in [0, 0.05) is 12.6 Å². The molecule has 18 heavy (non-hydrogen) atoms. The summed E-state index contributed by atoms with van der Waals surface area (Å²) in [5, 5.41) is 13.8. The first-order valence-corrected chi connectivity index (χ1v) is 6.35. The average molecular weight is 251 g/mol. The van der Waals surface area contributed by atoms with Crippen molar-refractivity contribution in [3.63, 3.8) is 0 Å². The van der Waals surface area contributed by atoms with Crippen LogP contribution in [-0.2, 0) is 0 Å². The Hall–Kier alpha value is -1.65. The molecule has 0 amide bonds. The van der Waals surface area contributed by atoms with Gasteiger partial charge in [-0.05, 0) is 24.8 Å². The Labute approximate surface area is 108 Å². The van der Waals surface area contributed by atoms with E-state index >= 15 is 0 Å². The molecule has 0 saturated carbocycles. The van der Waals surface area contributed by atoms with Crippen molar-refractivity contribution in [2.24, 2.45) is 5.92 Å². The number of nitro groups is 1. The molecule has 0 aliphatic carbocycles. The van der Waals surface area contributed by atoms with Crippen LogP contribution >= 0.6 is 0 Å². The van der Waals surface area contributed by atoms with Crippen LogP contribution in [0.2, 0.25) is 0 Å². The first kappa shape index (κ1) is 14.4. The zero-order chi connectivity index (χ0) is 13.5. The van der Waals surface area contributed by atoms with Gasteiger partial charge in [-0.3, -0.25) is 10.1 Å². The van der Waals surface area contributed by atoms with Crippen molar-refractivity contribution in [2.45, 2.75) is 40.0 Å². The van der Waals surface area contributed by atoms with Crippen molar-refractivity contribution < 1.29 is 4.92 Å². The number of hydrogen-bond donors (Lipinski definition) is 1. The van der Waals surface area contributed by atoms with Crippen LogP contribution in [0.15, 0.2) is 12.3 Å². The third-order valence-electron chi connectivity index (χ3n) is 2.78. The van der Waals surface area contributed by atoms with Gasteiger partial charge in [-0.25, -0.2) is 4.98 Å². The standard InChI is InChI=1S/C13H21N3O2/c1-10(2)6-4-5-7-14-13-11(3)8-12(9-15-13)16(17)18/h8-10H,4-7H2,1-3H3,(H,14,15). The average Bonchev–Trinajstić information content (AvgIpc) is 2.29. The number of nitrogens with zero attached hydrogens (tertiary/aromatic N) is 2. The zero-order valence-corrected chi connectivity index (χ0v) is 11.3. The summed E-state index contributed by atoms with van der Waals surface area (Å²) in [6.45, 7) is 7.12. The number of pyridine rings is 1. The summed E-state index contributed by atoms with van der Waals surface area (Å²) in [5.41, 5.74) is 0.853. The van der Waals surface area contributed by atoms with Gasteiger partial charge in [0.1, 0.15) is 12.0 Å². The Morgan fingerprint density at radius 3 is 2.72 bits per heavy atom. The van der Waals surface area contributed by atoms with Crippen LogP contribution in [0.4, 0.5) is 11.5 Å². The predicted molar refractivity (Wildman–Crippen MR) is 72.8 cm³/mol. The lowest BCUT2D eigenvalue weighted by Gasteiger charge is -2.08. The molecule has 0 spiro atoms. The summed E-state index contributed by atoms with van der Waals surface area (Å²) in [4.78, 5) is 14.2. The minimum absolute atomic E-state index is 0.0397. The summed E-state index contributed by atoms with van der Waals surface area (Å²) < 4.78 is 0. The van der Waals surface area contributed by atoms with E-state index in [1.54, 1.807) is 6.07 Å². The molecule has 0 aliphatic rings. The fraction of sp³-hybridized carbons (Fsp3) is 0.615. The van der Waals surface area contributed by atoms with Crippen molar-refractivity contribution in [2.75, 3.05) is 11.9 Å². The van der Waals surface area contributed by atoms with E-state index < -0.39 is 4.92 Å². The lowest BCUT2D eigenvalue weighted by Crippen LogP contribution is -2.06. The molecule has 0 saturated heterocycles. The first-order valence-electron chi connectivity index (χ1n) is 6.35. The van der Waals surface area contributed by atoms with Crippen LogP contribution in [0.25, 0.3) is 0 Å². The molecule has 0 radical (unpaired) electrons. The minimum Gasteiger partial charge on any atom is -0.370 e. The van der Waals surface area contributed by atoms with Gasteiger partial charge in [0.2, 0.25) is 0 Å². The van der Waals surface area contributed by atoms with Gasteiger partial charge in [-0.1, -0.05) is 26.7 Å². The van der Waals surface area contributed by atoms with E-state index in [2.05, 4.69) is 24.1 Å². The maximum Gasteiger partial charge on any atom is 0.287 e. The van der Waals surface area contributed by atoms with Crippen molar-refractivity contribution >= 4 is 11.5 Å². The summed E-state index contributed by atoms with van der Waals surface area (Å²) in [7, 11) is 0. The van der Waals surface area contributed by atoms with Gasteiger partial charge in [-0.2, -0.15) is 0 Å². The molecule has 1 rings (SSSR count). The van der Waals surface area contributed by atoms with Gasteiger partial charge >= 0.3 is 0 Å². The molecular formula is C13H21N3O2. The topological polar surface area (TPSA) is 68.1 Å². The number of aryl methyl sites for hydroxylation is 1. The van der Waals surface area contributed by atoms with Crippen LogP contribution < -0.4 is 5.32 Å². The fourth-order valence-electron chi connectivity index (χ4n) is 1.73. The molecule has 1 aromatic rings. The summed E-state index contributed by atoms with van der Waals surface area (Å²) in [6.07, 6.45) is 4.81. The number of hydrogen-bond acceptors (Lipinski definition) is 4. The normalized spacial score (nSPS) is 10.7. The van der Waals surface area contributed by atoms with E-state index in [-0.39, 0.29) is 5.69 Å². The molecule has 0 aliphatic heterocycles. The molecule has 0 fully saturated rings. The molecule has 5 heteroatoms. The Morgan fingerprint density at radius 2 is 2.17 bits per heavy atom. The number of anilines is 1. The molecule has 0 aromatic carbocycles. The molecule has 0 unspecified atom stereocenters. The SMILES string of the molecule is Cc1cc([N+](=O)[O-])cnc1NCCCCC(C)C. The highest BCUT2D eigenvalue weighted by Crippen LogP contribution is 2.18. The van der Waals surface area contributed by atoms with Gasteiger partial charge < -0.3 is 5.32 Å². The predicted octanol–water partition coefficient (Wildman–Crippen LogP) is 3.54. The fourth-order valence-corrected chi connectivity index (χ4v) is 1.73. The molecule has 5 nitrogen and oxygen atoms in total. The Kier molecular flexibility index (Phi) is 5.55. The minimum atomic E-state index is -0.424. The van der Waals surface area contributed by atoms with E-state index in [1.165, 1.54) is 19.0 Å². The molecule has 0 bridgehead atoms. The Bertz CT molecular complexity index is 405. The third kappa shape index (κ3) is 4.69. The highest BCUT2D eigenvalue weighted by atomic mass is 16.6. The third-order valence-corrected chi connectivity index (χ3v) is 2.78. The van der Waals surface area contributed by atoms with E-state index in [9.17, 15) is 10.1 Å². The maximum absolute atomic E-state index is 10.6. The monoisotopic (exact) mass is 251 g/mol. The quantitative estimate of drug-likeness (QED) is 0.457. The van der Waals surface area contributed by atoms with Gasteiger partial charge in [0.15, 0.2) is 0 Å². The second kappa shape index (κ2) is 6.93. The molecule has 1 N–H and O–H groups in total. The van der Waals surface area contributed by atoms with E-state index in [0.717, 1.165) is 30.3 Å². The van der Waals surface area contributed by atoms with Gasteiger partial charge in [0.25, 0.3) is 5.69 Å². The van der Waals surface area contributed by atoms with E-state index in [4.69, 9.17) is 0 Å². The number of rotatable bonds is 7. The van der Waals surface area contributed by atoms with E-state index in [0.29, 0.717) is 0 Å². The van der Waals surface area contributed by atoms with Crippen molar-refractivity contribution in [1.29, 1.82) is 0 Å². The molecule has 1 aromatic heterocycles. The molecule has 0 atom stereocenters. The molecule has 1 heterocycles. The Balaban J connectivity index is 2.41. The lowest BCUT2D eigenvalue weighted by atomic mass is 10.1. The van der Waals surface area contributed by atoms with Crippen molar-refractivity contribution in [3.05, 3.63) is 27.9 Å². The lowest BCUT2D eigenvalue weighted by molar-refractivity contribution is -0.385. The highest BCUT2D eigenvalue weighted by Gasteiger charge is 2.08. The number of aromatic nitrogens is 1. The molecular weight excluding hydrogens is 230 g/mol. The number of unbranched alkanes of at least 4 members (excludes halogenated alkanes) is 1. The van der Waals surface area contributed by atoms with E-state index in [1.807, 2.05) is 6.92 Å². The van der Waals surface area contributed by atoms with Crippen LogP contribution in [0.5, 0.6) is 0 Å². The summed E-state index contributed by atoms with van der Waals surface area (Å²) in [5.74, 6) is 1.48. The number of nitrogens with one attached hydrogen (secondary N) is 1. The maximum atomic E-state index is 10.6. The van der Waals surface area contributed by atoms with Crippen LogP contribution in [0, 0.1) is 23.0 Å². The first-order chi connectivity index (χ1) is 8.50. The summed E-state index contributed by atoms with van der Waals surface area (Å²) in [6, 6.07) is 1.55. The van der Waals surface area contributed by atoms with Crippen molar-refractivity contribution in [1.82, 2.24) is 4.98 Å².